The molecule has 0 spiro atoms. The van der Waals surface area contributed by atoms with Crippen LogP contribution in [0.25, 0.3) is 64.6 Å². The first kappa shape index (κ1) is 49.7. The van der Waals surface area contributed by atoms with E-state index in [9.17, 15) is 38.9 Å². The summed E-state index contributed by atoms with van der Waals surface area (Å²) in [5.41, 5.74) is 6.46. The zero-order chi connectivity index (χ0) is 54.0. The summed E-state index contributed by atoms with van der Waals surface area (Å²) < 4.78 is 119. The molecule has 9 aromatic carbocycles. The fraction of sp³-hybridized carbons (Fsp3) is 0.0351. The second-order valence-corrected chi connectivity index (χ2v) is 26.2. The van der Waals surface area contributed by atoms with Crippen molar-refractivity contribution in [3.63, 3.8) is 0 Å². The average molecular weight is 1170 g/mol. The van der Waals surface area contributed by atoms with E-state index in [4.69, 9.17) is 30.0 Å². The predicted molar refractivity (Wildman–Crippen MR) is 300 cm³/mol. The van der Waals surface area contributed by atoms with Gasteiger partial charge in [-0.1, -0.05) is 18.2 Å². The van der Waals surface area contributed by atoms with E-state index in [0.29, 0.717) is 88.8 Å². The number of rotatable bonds is 3. The maximum atomic E-state index is 12.8. The normalized spacial score (nSPS) is 14.7. The van der Waals surface area contributed by atoms with Crippen molar-refractivity contribution < 1.29 is 49.4 Å². The summed E-state index contributed by atoms with van der Waals surface area (Å²) in [5.74, 6) is 1.49. The van der Waals surface area contributed by atoms with Gasteiger partial charge in [-0.15, -0.1) is 0 Å². The van der Waals surface area contributed by atoms with Crippen molar-refractivity contribution in [2.45, 2.75) is 28.0 Å². The number of fused-ring (bicyclic) bond motifs is 19. The maximum Gasteiger partial charge on any atom is -0.412 e. The van der Waals surface area contributed by atoms with Crippen molar-refractivity contribution >= 4 is 160 Å². The molecule has 19 nitrogen and oxygen atoms in total. The number of aromatic nitrogens is 2. The van der Waals surface area contributed by atoms with E-state index in [1.165, 1.54) is 53.7 Å². The van der Waals surface area contributed by atoms with Crippen LogP contribution >= 0.6 is 0 Å². The van der Waals surface area contributed by atoms with E-state index in [0.717, 1.165) is 22.8 Å². The van der Waals surface area contributed by atoms with Crippen molar-refractivity contribution in [1.29, 1.82) is 0 Å². The van der Waals surface area contributed by atoms with Crippen LogP contribution in [0.15, 0.2) is 190 Å². The maximum absolute atomic E-state index is 12.8. The molecule has 389 valence electrons. The molecule has 0 aliphatic carbocycles. The van der Waals surface area contributed by atoms with Gasteiger partial charge in [-0.05, 0) is 0 Å². The summed E-state index contributed by atoms with van der Waals surface area (Å²) in [5, 5.41) is 5.43. The van der Waals surface area contributed by atoms with E-state index >= 15 is 0 Å². The molecule has 80 heavy (non-hydrogen) atoms. The molecule has 23 heteroatoms. The summed E-state index contributed by atoms with van der Waals surface area (Å²) in [4.78, 5) is 33.2. The molecule has 5 aliphatic heterocycles. The van der Waals surface area contributed by atoms with Crippen LogP contribution in [0.3, 0.4) is 0 Å². The smallest absolute Gasteiger partial charge is 0.412 e. The first-order valence-electron chi connectivity index (χ1n) is 24.4. The van der Waals surface area contributed by atoms with E-state index in [-0.39, 0.29) is 38.8 Å². The molecule has 7 heterocycles. The number of aliphatic imine (C=N–C) groups is 4. The van der Waals surface area contributed by atoms with Crippen molar-refractivity contribution in [1.82, 2.24) is 6.55 Å². The van der Waals surface area contributed by atoms with Crippen LogP contribution in [0, 0.1) is 6.92 Å². The van der Waals surface area contributed by atoms with Crippen LogP contribution < -0.4 is 16.0 Å². The first-order valence-corrected chi connectivity index (χ1v) is 30.8. The Hall–Kier alpha value is -8.62. The molecule has 0 amide bonds. The molecule has 5 aliphatic rings. The molecule has 0 saturated heterocycles. The minimum atomic E-state index is -4.98. The second-order valence-electron chi connectivity index (χ2n) is 19.5. The van der Waals surface area contributed by atoms with E-state index < -0.39 is 62.9 Å². The van der Waals surface area contributed by atoms with E-state index in [1.807, 2.05) is 49.9 Å². The second kappa shape index (κ2) is 17.4. The Morgan fingerprint density at radius 2 is 0.863 bits per heavy atom. The van der Waals surface area contributed by atoms with Gasteiger partial charge in [0, 0.05) is 11.6 Å². The Labute approximate surface area is 460 Å². The van der Waals surface area contributed by atoms with Crippen molar-refractivity contribution in [3.8, 4) is 0 Å². The predicted octanol–water partition coefficient (Wildman–Crippen LogP) is 5.30. The third kappa shape index (κ3) is 7.62. The molecule has 0 unspecified atom stereocenters. The molecule has 0 fully saturated rings. The molecule has 0 saturated carbocycles. The number of nitrogens with zero attached hydrogens (tertiary/aromatic N) is 8. The SMILES string of the molecule is C1=[NH+]c2ccccc2C1.Cc1cccc2cc3c(cc12)C1=NC3=Nc2c3cc4c(S(=O)(=O)[O-])cccc4cc3c3[n]2[Ga][n]2c(c4cc5cccc(S(=O)(=O)[O-])c5cc4c2=NC2=NC(=N3)c3cc4c(S(=O)(=O)[O-])cccc4cc32)=N1.O. The Balaban J connectivity index is 0.000000523. The van der Waals surface area contributed by atoms with Crippen molar-refractivity contribution in [2.24, 2.45) is 30.0 Å². The molecule has 0 atom stereocenters. The monoisotopic (exact) mass is 1170 g/mol. The first-order chi connectivity index (χ1) is 37.9. The van der Waals surface area contributed by atoms with Gasteiger partial charge in [-0.2, -0.15) is 0 Å². The standard InChI is InChI=1S/C49H26N8O9S3.C8H7N.Ga.H2O/c1-22-6-2-7-23-14-31-35(18-27(22)23)46-50-42(31)52-47-37-20-29-25(9-4-12-40(29)68(61,62)63)16-33(37)44(54-47)56-49-38-21-30-26(10-5-13-41(30)69(64,65)66)17-34(38)45(57-49)55-48-36-19-28-24(15-32(36)43(51-46)53-48)8-3-11-39(28)67(58,59)60;1-2-4-8-7(3-1)5-6-9-8;;/h2-21H,1H3,(H3-2,50,51,52,53,54,55,56,57,58,59,60,61,62,63,64,65,66);1-4,6H,5H2;;1H2/q-2;;+2;/p-2. The molecule has 11 aromatic rings. The van der Waals surface area contributed by atoms with Crippen LogP contribution in [0.1, 0.15) is 33.4 Å². The summed E-state index contributed by atoms with van der Waals surface area (Å²) in [7, 11) is -14.9. The Bertz CT molecular complexity index is 5440. The van der Waals surface area contributed by atoms with Gasteiger partial charge in [-0.25, -0.2) is 4.99 Å². The topological polar surface area (TPSA) is 301 Å². The van der Waals surface area contributed by atoms with Gasteiger partial charge in [0.15, 0.2) is 0 Å². The van der Waals surface area contributed by atoms with Gasteiger partial charge < -0.3 is 5.48 Å². The Kier molecular flexibility index (Phi) is 10.8. The molecule has 16 rings (SSSR count). The Morgan fingerprint density at radius 1 is 0.438 bits per heavy atom. The number of nitrogens with one attached hydrogen (secondary N) is 1. The summed E-state index contributed by atoms with van der Waals surface area (Å²) >= 11 is -2.37. The summed E-state index contributed by atoms with van der Waals surface area (Å²) in [6.45, 7) is 2.01. The van der Waals surface area contributed by atoms with Gasteiger partial charge >= 0.3 is 405 Å². The van der Waals surface area contributed by atoms with Crippen LogP contribution in [0.4, 0.5) is 17.3 Å². The minimum Gasteiger partial charge on any atom is -0.412 e. The van der Waals surface area contributed by atoms with Crippen molar-refractivity contribution in [3.05, 3.63) is 190 Å². The number of hydrogen-bond donors (Lipinski definition) is 1. The molecule has 3 N–H and O–H groups in total. The van der Waals surface area contributed by atoms with Crippen LogP contribution in [-0.4, -0.2) is 98.4 Å². The van der Waals surface area contributed by atoms with Crippen molar-refractivity contribution in [2.75, 3.05) is 0 Å². The number of para-hydroxylation sites is 1. The van der Waals surface area contributed by atoms with Gasteiger partial charge in [-0.3, -0.25) is 0 Å². The zero-order valence-electron chi connectivity index (χ0n) is 41.2. The molecule has 2 aromatic heterocycles. The quantitative estimate of drug-likeness (QED) is 0.177. The largest absolute Gasteiger partial charge is 0.412 e. The van der Waals surface area contributed by atoms with Gasteiger partial charge in [0.05, 0.1) is 6.42 Å². The number of amidine groups is 4. The number of hydrogen-bond acceptors (Lipinski definition) is 15. The zero-order valence-corrected chi connectivity index (χ0v) is 46.1. The third-order valence-electron chi connectivity index (χ3n) is 14.9. The molecule has 6 bridgehead atoms. The van der Waals surface area contributed by atoms with Gasteiger partial charge in [0.1, 0.15) is 6.21 Å². The van der Waals surface area contributed by atoms with Gasteiger partial charge in [0.25, 0.3) is 0 Å². The number of aryl methyl sites for hydroxylation is 1. The summed E-state index contributed by atoms with van der Waals surface area (Å²) in [6.07, 6.45) is 3.14. The van der Waals surface area contributed by atoms with Gasteiger partial charge in [0.2, 0.25) is 5.69 Å². The van der Waals surface area contributed by atoms with E-state index in [2.05, 4.69) is 29.4 Å². The molecular weight excluding hydrogens is 1140 g/mol. The minimum absolute atomic E-state index is 0. The third-order valence-corrected chi connectivity index (χ3v) is 20.6. The van der Waals surface area contributed by atoms with Crippen LogP contribution in [-0.2, 0) is 36.8 Å². The van der Waals surface area contributed by atoms with Crippen LogP contribution in [0.2, 0.25) is 0 Å². The Morgan fingerprint density at radius 3 is 1.41 bits per heavy atom. The average Bonchev–Trinajstić information content (AvgIpc) is 4.26. The fourth-order valence-electron chi connectivity index (χ4n) is 11.3. The molecule has 1 radical (unpaired) electrons. The fourth-order valence-corrected chi connectivity index (χ4v) is 16.4. The molecular formula is C57H33GaN9O10S3-2. The van der Waals surface area contributed by atoms with Crippen LogP contribution in [0.5, 0.6) is 0 Å². The summed E-state index contributed by atoms with van der Waals surface area (Å²) in [6, 6.07) is 41.5. The van der Waals surface area contributed by atoms with E-state index in [1.54, 1.807) is 48.5 Å². The number of benzene rings is 9.